The summed E-state index contributed by atoms with van der Waals surface area (Å²) in [6, 6.07) is 7.56. The number of thioether (sulfide) groups is 1. The van der Waals surface area contributed by atoms with E-state index in [4.69, 9.17) is 6.42 Å². The van der Waals surface area contributed by atoms with Crippen molar-refractivity contribution in [2.45, 2.75) is 13.0 Å². The SMILES string of the molecule is C#CCSCCNC(C)c1ccccc1O. The second-order valence-corrected chi connectivity index (χ2v) is 4.60. The Morgan fingerprint density at radius 3 is 2.94 bits per heavy atom. The summed E-state index contributed by atoms with van der Waals surface area (Å²) in [5, 5.41) is 13.0. The lowest BCUT2D eigenvalue weighted by Crippen LogP contribution is -2.21. The number of hydrogen-bond donors (Lipinski definition) is 2. The summed E-state index contributed by atoms with van der Waals surface area (Å²) >= 11 is 1.73. The Hall–Kier alpha value is -1.11. The van der Waals surface area contributed by atoms with E-state index in [1.165, 1.54) is 0 Å². The maximum absolute atomic E-state index is 9.65. The monoisotopic (exact) mass is 235 g/mol. The number of phenols is 1. The van der Waals surface area contributed by atoms with E-state index in [-0.39, 0.29) is 6.04 Å². The van der Waals surface area contributed by atoms with Crippen LogP contribution in [0, 0.1) is 12.3 Å². The number of phenolic OH excluding ortho intramolecular Hbond substituents is 1. The van der Waals surface area contributed by atoms with Crippen LogP contribution < -0.4 is 5.32 Å². The quantitative estimate of drug-likeness (QED) is 0.586. The summed E-state index contributed by atoms with van der Waals surface area (Å²) < 4.78 is 0. The lowest BCUT2D eigenvalue weighted by Gasteiger charge is -2.15. The van der Waals surface area contributed by atoms with Crippen molar-refractivity contribution in [1.82, 2.24) is 5.32 Å². The minimum absolute atomic E-state index is 0.160. The first-order valence-corrected chi connectivity index (χ1v) is 6.43. The van der Waals surface area contributed by atoms with Crippen LogP contribution in [0.2, 0.25) is 0 Å². The highest BCUT2D eigenvalue weighted by Crippen LogP contribution is 2.22. The zero-order chi connectivity index (χ0) is 11.8. The molecule has 86 valence electrons. The summed E-state index contributed by atoms with van der Waals surface area (Å²) in [5.41, 5.74) is 0.935. The van der Waals surface area contributed by atoms with E-state index in [0.717, 1.165) is 23.6 Å². The van der Waals surface area contributed by atoms with E-state index in [2.05, 4.69) is 11.2 Å². The molecule has 2 nitrogen and oxygen atoms in total. The molecule has 0 amide bonds. The predicted octanol–water partition coefficient (Wildman–Crippen LogP) is 2.41. The van der Waals surface area contributed by atoms with Crippen LogP contribution in [0.5, 0.6) is 5.75 Å². The minimum atomic E-state index is 0.160. The first-order valence-electron chi connectivity index (χ1n) is 5.28. The van der Waals surface area contributed by atoms with E-state index in [1.54, 1.807) is 17.8 Å². The lowest BCUT2D eigenvalue weighted by atomic mass is 10.1. The van der Waals surface area contributed by atoms with Crippen LogP contribution >= 0.6 is 11.8 Å². The van der Waals surface area contributed by atoms with Gasteiger partial charge in [-0.1, -0.05) is 24.1 Å². The van der Waals surface area contributed by atoms with Gasteiger partial charge in [0.25, 0.3) is 0 Å². The summed E-state index contributed by atoms with van der Waals surface area (Å²) in [7, 11) is 0. The van der Waals surface area contributed by atoms with Gasteiger partial charge in [0.1, 0.15) is 5.75 Å². The predicted molar refractivity (Wildman–Crippen MR) is 70.7 cm³/mol. The van der Waals surface area contributed by atoms with Crippen molar-refractivity contribution in [2.24, 2.45) is 0 Å². The highest BCUT2D eigenvalue weighted by molar-refractivity contribution is 7.99. The summed E-state index contributed by atoms with van der Waals surface area (Å²) in [6.45, 7) is 2.93. The molecule has 1 rings (SSSR count). The molecule has 0 heterocycles. The van der Waals surface area contributed by atoms with E-state index < -0.39 is 0 Å². The van der Waals surface area contributed by atoms with Gasteiger partial charge in [-0.05, 0) is 13.0 Å². The van der Waals surface area contributed by atoms with Gasteiger partial charge in [-0.2, -0.15) is 0 Å². The molecule has 0 aliphatic carbocycles. The third-order valence-corrected chi connectivity index (χ3v) is 3.15. The normalized spacial score (nSPS) is 12.0. The van der Waals surface area contributed by atoms with Crippen LogP contribution in [0.1, 0.15) is 18.5 Å². The summed E-state index contributed by atoms with van der Waals surface area (Å²) in [6.07, 6.45) is 5.16. The Labute approximate surface area is 101 Å². The molecular formula is C13H17NOS. The van der Waals surface area contributed by atoms with Crippen molar-refractivity contribution in [3.05, 3.63) is 29.8 Å². The van der Waals surface area contributed by atoms with Crippen LogP contribution in [0.3, 0.4) is 0 Å². The Kier molecular flexibility index (Phi) is 5.84. The number of nitrogens with one attached hydrogen (secondary N) is 1. The molecule has 0 radical (unpaired) electrons. The zero-order valence-electron chi connectivity index (χ0n) is 9.44. The highest BCUT2D eigenvalue weighted by Gasteiger charge is 2.07. The highest BCUT2D eigenvalue weighted by atomic mass is 32.2. The molecule has 0 spiro atoms. The number of aromatic hydroxyl groups is 1. The number of rotatable bonds is 6. The van der Waals surface area contributed by atoms with Crippen molar-refractivity contribution >= 4 is 11.8 Å². The number of para-hydroxylation sites is 1. The summed E-state index contributed by atoms with van der Waals surface area (Å²) in [4.78, 5) is 0. The van der Waals surface area contributed by atoms with Crippen LogP contribution in [-0.2, 0) is 0 Å². The average molecular weight is 235 g/mol. The third kappa shape index (κ3) is 4.18. The fourth-order valence-electron chi connectivity index (χ4n) is 1.44. The molecule has 16 heavy (non-hydrogen) atoms. The van der Waals surface area contributed by atoms with Crippen molar-refractivity contribution in [3.8, 4) is 18.1 Å². The Bertz CT molecular complexity index is 359. The third-order valence-electron chi connectivity index (χ3n) is 2.29. The van der Waals surface area contributed by atoms with E-state index >= 15 is 0 Å². The first kappa shape index (κ1) is 13.0. The van der Waals surface area contributed by atoms with Gasteiger partial charge in [0.15, 0.2) is 0 Å². The topological polar surface area (TPSA) is 32.3 Å². The minimum Gasteiger partial charge on any atom is -0.508 e. The smallest absolute Gasteiger partial charge is 0.120 e. The van der Waals surface area contributed by atoms with Crippen LogP contribution in [0.15, 0.2) is 24.3 Å². The first-order chi connectivity index (χ1) is 7.75. The molecule has 0 aromatic heterocycles. The molecular weight excluding hydrogens is 218 g/mol. The van der Waals surface area contributed by atoms with E-state index in [1.807, 2.05) is 25.1 Å². The second kappa shape index (κ2) is 7.21. The van der Waals surface area contributed by atoms with Gasteiger partial charge in [0.2, 0.25) is 0 Å². The van der Waals surface area contributed by atoms with Crippen LogP contribution in [0.4, 0.5) is 0 Å². The van der Waals surface area contributed by atoms with Crippen molar-refractivity contribution < 1.29 is 5.11 Å². The van der Waals surface area contributed by atoms with Gasteiger partial charge < -0.3 is 10.4 Å². The molecule has 1 unspecified atom stereocenters. The molecule has 0 bridgehead atoms. The average Bonchev–Trinajstić information content (AvgIpc) is 2.29. The molecule has 0 saturated heterocycles. The molecule has 3 heteroatoms. The molecule has 0 aliphatic heterocycles. The van der Waals surface area contributed by atoms with Gasteiger partial charge in [-0.3, -0.25) is 0 Å². The maximum Gasteiger partial charge on any atom is 0.120 e. The molecule has 1 aromatic carbocycles. The van der Waals surface area contributed by atoms with Crippen molar-refractivity contribution in [1.29, 1.82) is 0 Å². The van der Waals surface area contributed by atoms with E-state index in [0.29, 0.717) is 5.75 Å². The molecule has 0 aliphatic rings. The molecule has 0 fully saturated rings. The largest absolute Gasteiger partial charge is 0.508 e. The molecule has 1 atom stereocenters. The number of hydrogen-bond acceptors (Lipinski definition) is 3. The van der Waals surface area contributed by atoms with E-state index in [9.17, 15) is 5.11 Å². The number of terminal acetylenes is 1. The van der Waals surface area contributed by atoms with Crippen molar-refractivity contribution in [3.63, 3.8) is 0 Å². The Morgan fingerprint density at radius 1 is 1.50 bits per heavy atom. The second-order valence-electron chi connectivity index (χ2n) is 3.49. The van der Waals surface area contributed by atoms with Gasteiger partial charge in [0.05, 0.1) is 5.75 Å². The van der Waals surface area contributed by atoms with Gasteiger partial charge in [-0.15, -0.1) is 18.2 Å². The number of benzene rings is 1. The Morgan fingerprint density at radius 2 is 2.25 bits per heavy atom. The summed E-state index contributed by atoms with van der Waals surface area (Å²) in [5.74, 6) is 4.68. The molecule has 1 aromatic rings. The van der Waals surface area contributed by atoms with Crippen LogP contribution in [-0.4, -0.2) is 23.2 Å². The van der Waals surface area contributed by atoms with Crippen molar-refractivity contribution in [2.75, 3.05) is 18.1 Å². The fourth-order valence-corrected chi connectivity index (χ4v) is 1.97. The maximum atomic E-state index is 9.65. The Balaban J connectivity index is 2.33. The zero-order valence-corrected chi connectivity index (χ0v) is 10.3. The van der Waals surface area contributed by atoms with Gasteiger partial charge >= 0.3 is 0 Å². The molecule has 0 saturated carbocycles. The van der Waals surface area contributed by atoms with Crippen LogP contribution in [0.25, 0.3) is 0 Å². The standard InChI is InChI=1S/C13H17NOS/c1-3-9-16-10-8-14-11(2)12-6-4-5-7-13(12)15/h1,4-7,11,14-15H,8-10H2,2H3. The fraction of sp³-hybridized carbons (Fsp3) is 0.385. The van der Waals surface area contributed by atoms with Gasteiger partial charge in [0, 0.05) is 23.9 Å². The lowest BCUT2D eigenvalue weighted by molar-refractivity contribution is 0.455. The molecule has 2 N–H and O–H groups in total. The van der Waals surface area contributed by atoms with Gasteiger partial charge in [-0.25, -0.2) is 0 Å².